The van der Waals surface area contributed by atoms with Crippen LogP contribution in [-0.4, -0.2) is 13.1 Å². The summed E-state index contributed by atoms with van der Waals surface area (Å²) in [5.41, 5.74) is -0.524. The molecule has 1 aromatic carbocycles. The normalized spacial score (nSPS) is 12.3. The van der Waals surface area contributed by atoms with E-state index in [0.29, 0.717) is 6.42 Å². The summed E-state index contributed by atoms with van der Waals surface area (Å²) >= 11 is 0. The lowest BCUT2D eigenvalue weighted by Gasteiger charge is -2.11. The predicted molar refractivity (Wildman–Crippen MR) is 65.6 cm³/mol. The summed E-state index contributed by atoms with van der Waals surface area (Å²) in [6.45, 7) is 0. The first-order chi connectivity index (χ1) is 9.36. The van der Waals surface area contributed by atoms with Gasteiger partial charge in [-0.25, -0.2) is 4.79 Å². The monoisotopic (exact) mass is 290 g/mol. The lowest BCUT2D eigenvalue weighted by atomic mass is 10.0. The first-order valence-electron chi connectivity index (χ1n) is 5.95. The minimum atomic E-state index is -4.40. The number of benzene rings is 1. The average molecular weight is 290 g/mol. The third kappa shape index (κ3) is 4.68. The van der Waals surface area contributed by atoms with Crippen LogP contribution in [0.4, 0.5) is 17.6 Å². The molecule has 0 heterocycles. The number of allylic oxidation sites excluding steroid dienone is 1. The van der Waals surface area contributed by atoms with Crippen molar-refractivity contribution in [3.8, 4) is 0 Å². The summed E-state index contributed by atoms with van der Waals surface area (Å²) < 4.78 is 55.3. The molecule has 0 aliphatic rings. The topological polar surface area (TPSA) is 26.3 Å². The van der Waals surface area contributed by atoms with Crippen LogP contribution in [0.2, 0.25) is 0 Å². The van der Waals surface area contributed by atoms with Crippen molar-refractivity contribution < 1.29 is 27.1 Å². The second-order valence-electron chi connectivity index (χ2n) is 4.09. The number of carbonyl (C=O) groups is 1. The number of carbonyl (C=O) groups excluding carboxylic acids is 1. The van der Waals surface area contributed by atoms with Gasteiger partial charge in [-0.1, -0.05) is 18.2 Å². The minimum Gasteiger partial charge on any atom is -0.464 e. The molecule has 1 rings (SSSR count). The van der Waals surface area contributed by atoms with Crippen molar-refractivity contribution in [2.75, 3.05) is 7.11 Å². The molecule has 0 unspecified atom stereocenters. The molecule has 110 valence electrons. The second-order valence-corrected chi connectivity index (χ2v) is 4.09. The van der Waals surface area contributed by atoms with Crippen molar-refractivity contribution in [1.82, 2.24) is 0 Å². The molecule has 0 N–H and O–H groups in total. The third-order valence-corrected chi connectivity index (χ3v) is 2.68. The van der Waals surface area contributed by atoms with Gasteiger partial charge in [0.25, 0.3) is 0 Å². The standard InChI is InChI=1S/C14H14F4O2/c1-20-13(19)12(15)9-5-3-7-10-6-2-4-8-11(10)14(16,17)18/h2,4,6,8-9H,3,5,7H2,1H3/b12-9-. The van der Waals surface area contributed by atoms with Gasteiger partial charge >= 0.3 is 12.1 Å². The summed E-state index contributed by atoms with van der Waals surface area (Å²) in [7, 11) is 1.05. The molecular weight excluding hydrogens is 276 g/mol. The van der Waals surface area contributed by atoms with E-state index in [1.165, 1.54) is 18.2 Å². The summed E-state index contributed by atoms with van der Waals surface area (Å²) in [4.78, 5) is 10.7. The van der Waals surface area contributed by atoms with Crippen LogP contribution < -0.4 is 0 Å². The zero-order chi connectivity index (χ0) is 15.2. The van der Waals surface area contributed by atoms with E-state index in [1.807, 2.05) is 0 Å². The highest BCUT2D eigenvalue weighted by Gasteiger charge is 2.32. The van der Waals surface area contributed by atoms with Gasteiger partial charge in [-0.15, -0.1) is 0 Å². The van der Waals surface area contributed by atoms with E-state index in [4.69, 9.17) is 0 Å². The van der Waals surface area contributed by atoms with Crippen molar-refractivity contribution in [2.24, 2.45) is 0 Å². The summed E-state index contributed by atoms with van der Waals surface area (Å²) in [5, 5.41) is 0. The lowest BCUT2D eigenvalue weighted by molar-refractivity contribution is -0.138. The Morgan fingerprint density at radius 2 is 1.95 bits per heavy atom. The molecule has 0 saturated carbocycles. The first-order valence-corrected chi connectivity index (χ1v) is 5.95. The second kappa shape index (κ2) is 7.07. The SMILES string of the molecule is COC(=O)/C(F)=C/CCCc1ccccc1C(F)(F)F. The van der Waals surface area contributed by atoms with Gasteiger partial charge in [0.2, 0.25) is 5.83 Å². The van der Waals surface area contributed by atoms with Gasteiger partial charge in [0.05, 0.1) is 12.7 Å². The first kappa shape index (κ1) is 16.2. The Labute approximate surface area is 114 Å². The Hall–Kier alpha value is -1.85. The van der Waals surface area contributed by atoms with E-state index in [2.05, 4.69) is 4.74 Å². The summed E-state index contributed by atoms with van der Waals surface area (Å²) in [6, 6.07) is 5.25. The molecule has 0 atom stereocenters. The van der Waals surface area contributed by atoms with Crippen LogP contribution in [0.3, 0.4) is 0 Å². The Bertz CT molecular complexity index is 492. The number of hydrogen-bond donors (Lipinski definition) is 0. The zero-order valence-corrected chi connectivity index (χ0v) is 10.8. The third-order valence-electron chi connectivity index (χ3n) is 2.68. The van der Waals surface area contributed by atoms with Gasteiger partial charge in [-0.05, 0) is 37.0 Å². The van der Waals surface area contributed by atoms with E-state index >= 15 is 0 Å². The Morgan fingerprint density at radius 3 is 2.55 bits per heavy atom. The number of unbranched alkanes of at least 4 members (excludes halogenated alkanes) is 1. The molecule has 0 fully saturated rings. The van der Waals surface area contributed by atoms with E-state index < -0.39 is 23.5 Å². The van der Waals surface area contributed by atoms with E-state index in [9.17, 15) is 22.4 Å². The number of methoxy groups -OCH3 is 1. The van der Waals surface area contributed by atoms with Crippen LogP contribution in [0.1, 0.15) is 24.0 Å². The maximum absolute atomic E-state index is 13.0. The quantitative estimate of drug-likeness (QED) is 0.354. The van der Waals surface area contributed by atoms with Crippen LogP contribution in [0.15, 0.2) is 36.2 Å². The highest BCUT2D eigenvalue weighted by molar-refractivity contribution is 5.85. The van der Waals surface area contributed by atoms with Crippen molar-refractivity contribution in [3.05, 3.63) is 47.3 Å². The molecule has 0 spiro atoms. The molecule has 0 aliphatic carbocycles. The number of aryl methyl sites for hydroxylation is 1. The predicted octanol–water partition coefficient (Wildman–Crippen LogP) is 4.05. The van der Waals surface area contributed by atoms with Gasteiger partial charge in [0.1, 0.15) is 0 Å². The van der Waals surface area contributed by atoms with Crippen molar-refractivity contribution in [3.63, 3.8) is 0 Å². The summed E-state index contributed by atoms with van der Waals surface area (Å²) in [5.74, 6) is -2.11. The molecule has 2 nitrogen and oxygen atoms in total. The number of hydrogen-bond acceptors (Lipinski definition) is 2. The smallest absolute Gasteiger partial charge is 0.416 e. The van der Waals surface area contributed by atoms with Gasteiger partial charge in [-0.3, -0.25) is 0 Å². The fraction of sp³-hybridized carbons (Fsp3) is 0.357. The molecule has 6 heteroatoms. The summed E-state index contributed by atoms with van der Waals surface area (Å²) in [6.07, 6.45) is -2.77. The number of esters is 1. The molecule has 0 radical (unpaired) electrons. The molecule has 0 bridgehead atoms. The van der Waals surface area contributed by atoms with Crippen LogP contribution in [0, 0.1) is 0 Å². The number of halogens is 4. The van der Waals surface area contributed by atoms with Crippen LogP contribution >= 0.6 is 0 Å². The molecule has 20 heavy (non-hydrogen) atoms. The largest absolute Gasteiger partial charge is 0.464 e. The molecule has 1 aromatic rings. The zero-order valence-electron chi connectivity index (χ0n) is 10.8. The van der Waals surface area contributed by atoms with Crippen molar-refractivity contribution in [1.29, 1.82) is 0 Å². The Balaban J connectivity index is 2.62. The lowest BCUT2D eigenvalue weighted by Crippen LogP contribution is -2.08. The van der Waals surface area contributed by atoms with E-state index in [-0.39, 0.29) is 18.4 Å². The van der Waals surface area contributed by atoms with Gasteiger partial charge in [0, 0.05) is 0 Å². The highest BCUT2D eigenvalue weighted by Crippen LogP contribution is 2.32. The number of alkyl halides is 3. The maximum atomic E-state index is 13.0. The van der Waals surface area contributed by atoms with Crippen LogP contribution in [0.25, 0.3) is 0 Å². The minimum absolute atomic E-state index is 0.153. The van der Waals surface area contributed by atoms with Crippen molar-refractivity contribution >= 4 is 5.97 Å². The molecule has 0 amide bonds. The fourth-order valence-corrected chi connectivity index (χ4v) is 1.72. The molecule has 0 aromatic heterocycles. The Morgan fingerprint density at radius 1 is 1.30 bits per heavy atom. The molecule has 0 saturated heterocycles. The fourth-order valence-electron chi connectivity index (χ4n) is 1.72. The van der Waals surface area contributed by atoms with Crippen molar-refractivity contribution in [2.45, 2.75) is 25.4 Å². The molecule has 0 aliphatic heterocycles. The van der Waals surface area contributed by atoms with E-state index in [1.54, 1.807) is 0 Å². The molecular formula is C14H14F4O2. The number of rotatable bonds is 5. The van der Waals surface area contributed by atoms with E-state index in [0.717, 1.165) is 19.3 Å². The maximum Gasteiger partial charge on any atom is 0.416 e. The Kier molecular flexibility index (Phi) is 5.73. The van der Waals surface area contributed by atoms with Crippen LogP contribution in [0.5, 0.6) is 0 Å². The van der Waals surface area contributed by atoms with Gasteiger partial charge < -0.3 is 4.74 Å². The average Bonchev–Trinajstić information content (AvgIpc) is 2.41. The number of ether oxygens (including phenoxy) is 1. The van der Waals surface area contributed by atoms with Gasteiger partial charge in [-0.2, -0.15) is 17.6 Å². The highest BCUT2D eigenvalue weighted by atomic mass is 19.4. The van der Waals surface area contributed by atoms with Gasteiger partial charge in [0.15, 0.2) is 0 Å². The van der Waals surface area contributed by atoms with Crippen LogP contribution in [-0.2, 0) is 22.1 Å².